The van der Waals surface area contributed by atoms with E-state index in [2.05, 4.69) is 26.3 Å². The Morgan fingerprint density at radius 1 is 1.30 bits per heavy atom. The predicted octanol–water partition coefficient (Wildman–Crippen LogP) is 1.99. The Morgan fingerprint density at radius 3 is 3.09 bits per heavy atom. The third kappa shape index (κ3) is 3.13. The fourth-order valence-electron chi connectivity index (χ4n) is 4.11. The van der Waals surface area contributed by atoms with E-state index < -0.39 is 0 Å². The van der Waals surface area contributed by atoms with Gasteiger partial charge in [0, 0.05) is 42.8 Å². The highest BCUT2D eigenvalue weighted by Gasteiger charge is 2.25. The molecule has 5 heteroatoms. The monoisotopic (exact) mass is 314 g/mol. The Bertz CT molecular complexity index is 662. The van der Waals surface area contributed by atoms with E-state index in [1.54, 1.807) is 0 Å². The molecule has 0 saturated carbocycles. The molecule has 124 valence electrons. The molecule has 4 rings (SSSR count). The van der Waals surface area contributed by atoms with Gasteiger partial charge < -0.3 is 15.4 Å². The van der Waals surface area contributed by atoms with Crippen LogP contribution in [0.1, 0.15) is 42.9 Å². The van der Waals surface area contributed by atoms with Crippen LogP contribution in [0.2, 0.25) is 0 Å². The highest BCUT2D eigenvalue weighted by molar-refractivity contribution is 5.81. The van der Waals surface area contributed by atoms with Crippen LogP contribution in [0.4, 0.5) is 0 Å². The second-order valence-corrected chi connectivity index (χ2v) is 6.99. The SMILES string of the molecule is O[C@H]1CCCN(Cc2c([C@@H]3CCCNC3)[nH]c3ncccc23)C1. The van der Waals surface area contributed by atoms with E-state index in [-0.39, 0.29) is 6.10 Å². The molecule has 0 aliphatic carbocycles. The zero-order valence-electron chi connectivity index (χ0n) is 13.6. The van der Waals surface area contributed by atoms with Gasteiger partial charge in [-0.1, -0.05) is 0 Å². The van der Waals surface area contributed by atoms with Gasteiger partial charge in [-0.05, 0) is 56.5 Å². The van der Waals surface area contributed by atoms with Gasteiger partial charge in [-0.15, -0.1) is 0 Å². The van der Waals surface area contributed by atoms with Crippen LogP contribution in [0.3, 0.4) is 0 Å². The Kier molecular flexibility index (Phi) is 4.33. The number of rotatable bonds is 3. The summed E-state index contributed by atoms with van der Waals surface area (Å²) in [5, 5.41) is 14.7. The van der Waals surface area contributed by atoms with Crippen LogP contribution >= 0.6 is 0 Å². The third-order valence-corrected chi connectivity index (χ3v) is 5.28. The molecule has 2 aliphatic rings. The summed E-state index contributed by atoms with van der Waals surface area (Å²) in [7, 11) is 0. The number of piperidine rings is 2. The summed E-state index contributed by atoms with van der Waals surface area (Å²) in [6.45, 7) is 4.95. The van der Waals surface area contributed by atoms with Crippen molar-refractivity contribution in [2.45, 2.75) is 44.2 Å². The van der Waals surface area contributed by atoms with Crippen LogP contribution in [-0.4, -0.2) is 52.3 Å². The Morgan fingerprint density at radius 2 is 2.26 bits per heavy atom. The predicted molar refractivity (Wildman–Crippen MR) is 91.5 cm³/mol. The average Bonchev–Trinajstić information content (AvgIpc) is 2.95. The van der Waals surface area contributed by atoms with E-state index in [9.17, 15) is 5.11 Å². The molecule has 0 aromatic carbocycles. The summed E-state index contributed by atoms with van der Waals surface area (Å²) in [4.78, 5) is 10.5. The second-order valence-electron chi connectivity index (χ2n) is 6.99. The number of aromatic nitrogens is 2. The summed E-state index contributed by atoms with van der Waals surface area (Å²) in [6.07, 6.45) is 6.17. The molecule has 0 unspecified atom stereocenters. The molecule has 0 bridgehead atoms. The van der Waals surface area contributed by atoms with Crippen molar-refractivity contribution >= 4 is 11.0 Å². The van der Waals surface area contributed by atoms with E-state index in [0.29, 0.717) is 5.92 Å². The molecule has 0 radical (unpaired) electrons. The Hall–Kier alpha value is -1.43. The molecule has 0 amide bonds. The first-order valence-electron chi connectivity index (χ1n) is 8.88. The maximum Gasteiger partial charge on any atom is 0.137 e. The molecule has 4 heterocycles. The smallest absolute Gasteiger partial charge is 0.137 e. The summed E-state index contributed by atoms with van der Waals surface area (Å²) in [5.74, 6) is 0.544. The number of likely N-dealkylation sites (tertiary alicyclic amines) is 1. The number of nitrogens with one attached hydrogen (secondary N) is 2. The van der Waals surface area contributed by atoms with Gasteiger partial charge in [-0.2, -0.15) is 0 Å². The minimum Gasteiger partial charge on any atom is -0.392 e. The normalized spacial score (nSPS) is 26.7. The first-order chi connectivity index (χ1) is 11.3. The zero-order valence-corrected chi connectivity index (χ0v) is 13.6. The molecule has 2 aromatic rings. The van der Waals surface area contributed by atoms with Gasteiger partial charge in [0.25, 0.3) is 0 Å². The topological polar surface area (TPSA) is 64.2 Å². The maximum absolute atomic E-state index is 9.97. The standard InChI is InChI=1S/C18H26N4O/c23-14-5-3-9-22(11-14)12-16-15-6-2-8-20-18(15)21-17(16)13-4-1-7-19-10-13/h2,6,8,13-14,19,23H,1,3-5,7,9-12H2,(H,20,21)/t13-,14+/m1/s1. The maximum atomic E-state index is 9.97. The molecular formula is C18H26N4O. The van der Waals surface area contributed by atoms with Crippen molar-refractivity contribution in [1.82, 2.24) is 20.2 Å². The van der Waals surface area contributed by atoms with E-state index in [4.69, 9.17) is 0 Å². The summed E-state index contributed by atoms with van der Waals surface area (Å²) in [5.41, 5.74) is 3.74. The van der Waals surface area contributed by atoms with Crippen molar-refractivity contribution in [1.29, 1.82) is 0 Å². The average molecular weight is 314 g/mol. The van der Waals surface area contributed by atoms with Crippen molar-refractivity contribution in [3.05, 3.63) is 29.6 Å². The van der Waals surface area contributed by atoms with Gasteiger partial charge in [0.15, 0.2) is 0 Å². The molecule has 2 fully saturated rings. The fraction of sp³-hybridized carbons (Fsp3) is 0.611. The van der Waals surface area contributed by atoms with Gasteiger partial charge in [0.05, 0.1) is 6.10 Å². The van der Waals surface area contributed by atoms with Gasteiger partial charge in [-0.3, -0.25) is 4.90 Å². The number of nitrogens with zero attached hydrogens (tertiary/aromatic N) is 2. The summed E-state index contributed by atoms with van der Waals surface area (Å²) >= 11 is 0. The lowest BCUT2D eigenvalue weighted by atomic mass is 9.92. The van der Waals surface area contributed by atoms with Crippen LogP contribution in [0.15, 0.2) is 18.3 Å². The van der Waals surface area contributed by atoms with Gasteiger partial charge in [0.2, 0.25) is 0 Å². The van der Waals surface area contributed by atoms with Crippen molar-refractivity contribution in [3.63, 3.8) is 0 Å². The quantitative estimate of drug-likeness (QED) is 0.811. The molecule has 2 aromatic heterocycles. The number of aliphatic hydroxyl groups excluding tert-OH is 1. The molecule has 2 aliphatic heterocycles. The van der Waals surface area contributed by atoms with E-state index in [1.165, 1.54) is 29.5 Å². The van der Waals surface area contributed by atoms with Crippen molar-refractivity contribution in [2.24, 2.45) is 0 Å². The lowest BCUT2D eigenvalue weighted by Gasteiger charge is -2.31. The van der Waals surface area contributed by atoms with Crippen molar-refractivity contribution < 1.29 is 5.11 Å². The van der Waals surface area contributed by atoms with E-state index in [0.717, 1.165) is 51.2 Å². The van der Waals surface area contributed by atoms with Gasteiger partial charge in [-0.25, -0.2) is 4.98 Å². The van der Waals surface area contributed by atoms with Crippen LogP contribution in [0.5, 0.6) is 0 Å². The zero-order chi connectivity index (χ0) is 15.6. The minimum absolute atomic E-state index is 0.174. The molecule has 2 atom stereocenters. The molecule has 2 saturated heterocycles. The number of aliphatic hydroxyl groups is 1. The fourth-order valence-corrected chi connectivity index (χ4v) is 4.11. The summed E-state index contributed by atoms with van der Waals surface area (Å²) < 4.78 is 0. The van der Waals surface area contributed by atoms with Crippen molar-refractivity contribution in [2.75, 3.05) is 26.2 Å². The third-order valence-electron chi connectivity index (χ3n) is 5.28. The molecule has 3 N–H and O–H groups in total. The van der Waals surface area contributed by atoms with Crippen LogP contribution < -0.4 is 5.32 Å². The van der Waals surface area contributed by atoms with E-state index in [1.807, 2.05) is 12.3 Å². The highest BCUT2D eigenvalue weighted by Crippen LogP contribution is 2.32. The minimum atomic E-state index is -0.174. The van der Waals surface area contributed by atoms with Gasteiger partial charge >= 0.3 is 0 Å². The number of aromatic amines is 1. The molecule has 5 nitrogen and oxygen atoms in total. The number of pyridine rings is 1. The lowest BCUT2D eigenvalue weighted by Crippen LogP contribution is -2.38. The van der Waals surface area contributed by atoms with Crippen molar-refractivity contribution in [3.8, 4) is 0 Å². The number of fused-ring (bicyclic) bond motifs is 1. The number of hydrogen-bond acceptors (Lipinski definition) is 4. The Labute approximate surface area is 137 Å². The van der Waals surface area contributed by atoms with Crippen LogP contribution in [0, 0.1) is 0 Å². The lowest BCUT2D eigenvalue weighted by molar-refractivity contribution is 0.0668. The first kappa shape index (κ1) is 15.1. The number of H-pyrrole nitrogens is 1. The molecule has 0 spiro atoms. The van der Waals surface area contributed by atoms with Crippen LogP contribution in [-0.2, 0) is 6.54 Å². The second kappa shape index (κ2) is 6.59. The highest BCUT2D eigenvalue weighted by atomic mass is 16.3. The molecule has 23 heavy (non-hydrogen) atoms. The van der Waals surface area contributed by atoms with Crippen LogP contribution in [0.25, 0.3) is 11.0 Å². The Balaban J connectivity index is 1.67. The van der Waals surface area contributed by atoms with E-state index >= 15 is 0 Å². The largest absolute Gasteiger partial charge is 0.392 e. The first-order valence-corrected chi connectivity index (χ1v) is 8.88. The number of β-amino-alcohol motifs (C(OH)–C–C–N with tert-alkyl or cyclic N) is 1. The number of hydrogen-bond donors (Lipinski definition) is 3. The summed E-state index contributed by atoms with van der Waals surface area (Å²) in [6, 6.07) is 4.20. The molecular weight excluding hydrogens is 288 g/mol. The van der Waals surface area contributed by atoms with Gasteiger partial charge in [0.1, 0.15) is 5.65 Å².